The number of nitrogens with zero attached hydrogens (tertiary/aromatic N) is 3. The lowest BCUT2D eigenvalue weighted by Crippen LogP contribution is -2.39. The first-order valence-corrected chi connectivity index (χ1v) is 8.20. The minimum Gasteiger partial charge on any atom is -0.406 e. The van der Waals surface area contributed by atoms with Crippen LogP contribution in [0.3, 0.4) is 0 Å². The van der Waals surface area contributed by atoms with Crippen LogP contribution in [0, 0.1) is 0 Å². The molecule has 2 rings (SSSR count). The van der Waals surface area contributed by atoms with Crippen molar-refractivity contribution < 1.29 is 27.5 Å². The van der Waals surface area contributed by atoms with Crippen LogP contribution < -0.4 is 10.1 Å². The molecule has 0 spiro atoms. The van der Waals surface area contributed by atoms with Crippen LogP contribution in [0.1, 0.15) is 0 Å². The van der Waals surface area contributed by atoms with Gasteiger partial charge >= 0.3 is 6.36 Å². The second kappa shape index (κ2) is 7.87. The fraction of sp³-hybridized carbons (Fsp3) is 0.400. The number of carbonyl (C=O) groups is 2. The van der Waals surface area contributed by atoms with Crippen LogP contribution in [0.15, 0.2) is 18.2 Å². The fourth-order valence-electron chi connectivity index (χ4n) is 2.01. The van der Waals surface area contributed by atoms with E-state index in [1.165, 1.54) is 24.1 Å². The molecule has 0 unspecified atom stereocenters. The van der Waals surface area contributed by atoms with Crippen LogP contribution in [0.5, 0.6) is 5.75 Å². The molecule has 142 valence electrons. The van der Waals surface area contributed by atoms with Gasteiger partial charge in [-0.3, -0.25) is 9.59 Å². The molecule has 0 aliphatic rings. The van der Waals surface area contributed by atoms with E-state index in [1.54, 1.807) is 19.0 Å². The van der Waals surface area contributed by atoms with Gasteiger partial charge in [0.15, 0.2) is 5.13 Å². The zero-order valence-electron chi connectivity index (χ0n) is 14.3. The van der Waals surface area contributed by atoms with Crippen molar-refractivity contribution in [3.63, 3.8) is 0 Å². The van der Waals surface area contributed by atoms with Crippen molar-refractivity contribution in [3.05, 3.63) is 18.2 Å². The third-order valence-electron chi connectivity index (χ3n) is 3.10. The topological polar surface area (TPSA) is 74.8 Å². The molecule has 2 amide bonds. The molecular formula is C15H17F3N4O3S. The van der Waals surface area contributed by atoms with E-state index < -0.39 is 12.3 Å². The molecule has 0 saturated carbocycles. The molecule has 0 fully saturated rings. The summed E-state index contributed by atoms with van der Waals surface area (Å²) in [5.41, 5.74) is 0.428. The Morgan fingerprint density at radius 3 is 2.54 bits per heavy atom. The monoisotopic (exact) mass is 390 g/mol. The highest BCUT2D eigenvalue weighted by atomic mass is 32.1. The number of amides is 2. The first-order chi connectivity index (χ1) is 12.0. The summed E-state index contributed by atoms with van der Waals surface area (Å²) >= 11 is 1.01. The van der Waals surface area contributed by atoms with Crippen LogP contribution in [0.4, 0.5) is 18.3 Å². The lowest BCUT2D eigenvalue weighted by molar-refractivity contribution is -0.274. The van der Waals surface area contributed by atoms with E-state index >= 15 is 0 Å². The number of hydrogen-bond donors (Lipinski definition) is 1. The van der Waals surface area contributed by atoms with Gasteiger partial charge in [0.25, 0.3) is 0 Å². The molecule has 26 heavy (non-hydrogen) atoms. The average Bonchev–Trinajstić information content (AvgIpc) is 2.85. The van der Waals surface area contributed by atoms with Crippen LogP contribution in [0.25, 0.3) is 10.2 Å². The minimum absolute atomic E-state index is 0.162. The number of benzene rings is 1. The summed E-state index contributed by atoms with van der Waals surface area (Å²) in [5, 5.41) is 2.76. The van der Waals surface area contributed by atoms with Crippen molar-refractivity contribution in [1.29, 1.82) is 0 Å². The second-order valence-corrected chi connectivity index (χ2v) is 6.76. The smallest absolute Gasteiger partial charge is 0.406 e. The van der Waals surface area contributed by atoms with Crippen LogP contribution in [-0.2, 0) is 9.59 Å². The highest BCUT2D eigenvalue weighted by molar-refractivity contribution is 7.22. The van der Waals surface area contributed by atoms with Crippen molar-refractivity contribution in [2.45, 2.75) is 6.36 Å². The number of halogens is 3. The number of aromatic nitrogens is 1. The molecule has 0 atom stereocenters. The molecule has 0 bridgehead atoms. The van der Waals surface area contributed by atoms with E-state index in [2.05, 4.69) is 15.0 Å². The number of hydrogen-bond acceptors (Lipinski definition) is 6. The molecule has 11 heteroatoms. The van der Waals surface area contributed by atoms with Gasteiger partial charge in [-0.25, -0.2) is 4.98 Å². The predicted octanol–water partition coefficient (Wildman–Crippen LogP) is 2.15. The van der Waals surface area contributed by atoms with E-state index in [4.69, 9.17) is 0 Å². The van der Waals surface area contributed by atoms with E-state index in [9.17, 15) is 22.8 Å². The number of ether oxygens (including phenoxy) is 1. The zero-order valence-corrected chi connectivity index (χ0v) is 15.1. The van der Waals surface area contributed by atoms with Gasteiger partial charge in [-0.15, -0.1) is 13.2 Å². The summed E-state index contributed by atoms with van der Waals surface area (Å²) in [6.45, 7) is 0.0118. The Hall–Kier alpha value is -2.40. The Bertz CT molecular complexity index is 807. The van der Waals surface area contributed by atoms with E-state index in [-0.39, 0.29) is 29.9 Å². The summed E-state index contributed by atoms with van der Waals surface area (Å²) in [4.78, 5) is 30.9. The summed E-state index contributed by atoms with van der Waals surface area (Å²) in [5.74, 6) is -1.03. The molecule has 2 aromatic rings. The van der Waals surface area contributed by atoms with Gasteiger partial charge in [-0.05, 0) is 26.2 Å². The number of alkyl halides is 3. The maximum atomic E-state index is 12.3. The Morgan fingerprint density at radius 1 is 1.23 bits per heavy atom. The lowest BCUT2D eigenvalue weighted by Gasteiger charge is -2.18. The van der Waals surface area contributed by atoms with Crippen molar-refractivity contribution in [3.8, 4) is 5.75 Å². The van der Waals surface area contributed by atoms with Crippen molar-refractivity contribution in [1.82, 2.24) is 14.8 Å². The maximum Gasteiger partial charge on any atom is 0.573 e. The average molecular weight is 390 g/mol. The van der Waals surface area contributed by atoms with Gasteiger partial charge in [-0.2, -0.15) is 0 Å². The minimum atomic E-state index is -4.78. The molecule has 0 saturated heterocycles. The van der Waals surface area contributed by atoms with Crippen molar-refractivity contribution >= 4 is 38.5 Å². The van der Waals surface area contributed by atoms with Gasteiger partial charge < -0.3 is 19.9 Å². The van der Waals surface area contributed by atoms with Crippen LogP contribution >= 0.6 is 11.3 Å². The molecule has 1 aromatic heterocycles. The third-order valence-corrected chi connectivity index (χ3v) is 4.03. The molecule has 0 aliphatic carbocycles. The normalized spacial score (nSPS) is 11.7. The number of rotatable bonds is 6. The van der Waals surface area contributed by atoms with Gasteiger partial charge in [0, 0.05) is 13.1 Å². The first kappa shape index (κ1) is 19.9. The SMILES string of the molecule is CN(C)CC(=O)N(C)CC(=O)Nc1nc2ccc(OC(F)(F)F)cc2s1. The lowest BCUT2D eigenvalue weighted by atomic mass is 10.3. The molecule has 0 radical (unpaired) electrons. The first-order valence-electron chi connectivity index (χ1n) is 7.38. The molecule has 0 aliphatic heterocycles. The number of fused-ring (bicyclic) bond motifs is 1. The Balaban J connectivity index is 2.02. The predicted molar refractivity (Wildman–Crippen MR) is 91.1 cm³/mol. The quantitative estimate of drug-likeness (QED) is 0.818. The zero-order chi connectivity index (χ0) is 19.5. The van der Waals surface area contributed by atoms with Gasteiger partial charge in [0.1, 0.15) is 5.75 Å². The van der Waals surface area contributed by atoms with E-state index in [0.717, 1.165) is 17.4 Å². The van der Waals surface area contributed by atoms with Gasteiger partial charge in [-0.1, -0.05) is 11.3 Å². The maximum absolute atomic E-state index is 12.3. The largest absolute Gasteiger partial charge is 0.573 e. The van der Waals surface area contributed by atoms with E-state index in [1.807, 2.05) is 0 Å². The highest BCUT2D eigenvalue weighted by Gasteiger charge is 2.31. The summed E-state index contributed by atoms with van der Waals surface area (Å²) in [7, 11) is 4.98. The fourth-order valence-corrected chi connectivity index (χ4v) is 2.92. The summed E-state index contributed by atoms with van der Waals surface area (Å²) in [6, 6.07) is 3.72. The Kier molecular flexibility index (Phi) is 6.03. The van der Waals surface area contributed by atoms with Crippen LogP contribution in [0.2, 0.25) is 0 Å². The molecule has 1 N–H and O–H groups in total. The number of nitrogens with one attached hydrogen (secondary N) is 1. The highest BCUT2D eigenvalue weighted by Crippen LogP contribution is 2.31. The number of carbonyl (C=O) groups excluding carboxylic acids is 2. The summed E-state index contributed by atoms with van der Waals surface area (Å²) < 4.78 is 41.1. The second-order valence-electron chi connectivity index (χ2n) is 5.73. The van der Waals surface area contributed by atoms with Crippen molar-refractivity contribution in [2.75, 3.05) is 39.5 Å². The summed E-state index contributed by atoms with van der Waals surface area (Å²) in [6.07, 6.45) is -4.78. The van der Waals surface area contributed by atoms with Gasteiger partial charge in [0.05, 0.1) is 23.3 Å². The van der Waals surface area contributed by atoms with E-state index in [0.29, 0.717) is 10.2 Å². The molecule has 7 nitrogen and oxygen atoms in total. The Morgan fingerprint density at radius 2 is 1.92 bits per heavy atom. The third kappa shape index (κ3) is 5.85. The molecule has 1 aromatic carbocycles. The molecule has 1 heterocycles. The van der Waals surface area contributed by atoms with Gasteiger partial charge in [0.2, 0.25) is 11.8 Å². The van der Waals surface area contributed by atoms with Crippen molar-refractivity contribution in [2.24, 2.45) is 0 Å². The number of likely N-dealkylation sites (N-methyl/N-ethyl adjacent to an activating group) is 2. The Labute approximate surface area is 151 Å². The van der Waals surface area contributed by atoms with Crippen LogP contribution in [-0.4, -0.2) is 67.2 Å². The standard InChI is InChI=1S/C15H17F3N4O3S/c1-21(2)8-13(24)22(3)7-12(23)20-14-19-10-5-4-9(6-11(10)26-14)25-15(16,17)18/h4-6H,7-8H2,1-3H3,(H,19,20,23). The number of anilines is 1. The molecular weight excluding hydrogens is 373 g/mol. The number of thiazole rings is 1.